The van der Waals surface area contributed by atoms with Gasteiger partial charge in [-0.05, 0) is 5.41 Å². The molecule has 0 spiro atoms. The van der Waals surface area contributed by atoms with E-state index in [-0.39, 0.29) is 0 Å². The zero-order valence-electron chi connectivity index (χ0n) is 5.24. The second-order valence-corrected chi connectivity index (χ2v) is 2.35. The highest BCUT2D eigenvalue weighted by Crippen LogP contribution is 1.91. The lowest BCUT2D eigenvalue weighted by atomic mass is 10.5. The lowest BCUT2D eigenvalue weighted by Crippen LogP contribution is -1.99. The Morgan fingerprint density at radius 1 is 1.89 bits per heavy atom. The maximum Gasteiger partial charge on any atom is 0.243 e. The van der Waals surface area contributed by atoms with E-state index in [0.717, 1.165) is 28.0 Å². The van der Waals surface area contributed by atoms with Crippen molar-refractivity contribution >= 4 is 22.6 Å². The van der Waals surface area contributed by atoms with Crippen molar-refractivity contribution in [2.45, 2.75) is 5.41 Å². The summed E-state index contributed by atoms with van der Waals surface area (Å²) in [7, 11) is 0. The molecule has 0 unspecified atom stereocenters. The SMILES string of the molecule is O=Cc1cncn1[CH2][AlH2]. The van der Waals surface area contributed by atoms with Crippen LogP contribution in [0.5, 0.6) is 0 Å². The third-order valence-corrected chi connectivity index (χ3v) is 1.89. The van der Waals surface area contributed by atoms with Crippen LogP contribution in [0.1, 0.15) is 10.5 Å². The second-order valence-electron chi connectivity index (χ2n) is 1.72. The monoisotopic (exact) mass is 138 g/mol. The first-order chi connectivity index (χ1) is 4.38. The highest BCUT2D eigenvalue weighted by Gasteiger charge is 1.94. The molecular formula is C5H7AlN2O. The first-order valence-electron chi connectivity index (χ1n) is 2.83. The molecule has 0 saturated heterocycles. The van der Waals surface area contributed by atoms with E-state index in [1.165, 1.54) is 0 Å². The summed E-state index contributed by atoms with van der Waals surface area (Å²) in [6.07, 6.45) is 4.08. The quantitative estimate of drug-likeness (QED) is 0.399. The van der Waals surface area contributed by atoms with E-state index in [1.807, 2.05) is 4.57 Å². The Hall–Kier alpha value is -0.588. The van der Waals surface area contributed by atoms with Crippen LogP contribution in [0.25, 0.3) is 0 Å². The molecule has 0 amide bonds. The van der Waals surface area contributed by atoms with Crippen molar-refractivity contribution in [1.82, 2.24) is 9.55 Å². The summed E-state index contributed by atoms with van der Waals surface area (Å²) in [4.78, 5) is 14.0. The van der Waals surface area contributed by atoms with Gasteiger partial charge in [0.25, 0.3) is 0 Å². The van der Waals surface area contributed by atoms with Crippen LogP contribution in [0.2, 0.25) is 0 Å². The van der Waals surface area contributed by atoms with Crippen molar-refractivity contribution in [2.24, 2.45) is 0 Å². The standard InChI is InChI=1S/C5H5N2O.Al.2H/c1-7-4-6-2-5(7)3-8;;;/h2-4H,1H2;;;. The van der Waals surface area contributed by atoms with Gasteiger partial charge in [0.15, 0.2) is 6.29 Å². The maximum atomic E-state index is 10.2. The minimum atomic E-state index is 0.671. The molecule has 1 heterocycles. The molecule has 0 radical (unpaired) electrons. The minimum absolute atomic E-state index is 0.671. The molecule has 3 nitrogen and oxygen atoms in total. The van der Waals surface area contributed by atoms with Crippen molar-refractivity contribution in [3.63, 3.8) is 0 Å². The summed E-state index contributed by atoms with van der Waals surface area (Å²) >= 11 is 1.06. The lowest BCUT2D eigenvalue weighted by molar-refractivity contribution is 0.111. The molecule has 0 bridgehead atoms. The van der Waals surface area contributed by atoms with Gasteiger partial charge < -0.3 is 4.57 Å². The molecule has 0 aromatic carbocycles. The maximum absolute atomic E-state index is 10.2. The number of carbonyl (C=O) groups is 1. The molecule has 1 rings (SSSR count). The summed E-state index contributed by atoms with van der Waals surface area (Å²) in [5.74, 6) is 0. The molecule has 1 aromatic heterocycles. The van der Waals surface area contributed by atoms with Crippen LogP contribution in [-0.2, 0) is 5.41 Å². The third kappa shape index (κ3) is 1.21. The summed E-state index contributed by atoms with van der Waals surface area (Å²) in [5.41, 5.74) is 0.671. The van der Waals surface area contributed by atoms with Gasteiger partial charge in [0.05, 0.1) is 18.2 Å². The smallest absolute Gasteiger partial charge is 0.243 e. The molecule has 0 atom stereocenters. The Labute approximate surface area is 61.1 Å². The predicted octanol–water partition coefficient (Wildman–Crippen LogP) is -0.714. The Kier molecular flexibility index (Phi) is 2.04. The first-order valence-corrected chi connectivity index (χ1v) is 4.25. The molecule has 0 aliphatic rings. The van der Waals surface area contributed by atoms with Crippen molar-refractivity contribution in [2.75, 3.05) is 0 Å². The van der Waals surface area contributed by atoms with Crippen LogP contribution < -0.4 is 0 Å². The normalized spacial score (nSPS) is 9.33. The first kappa shape index (κ1) is 6.53. The number of hydrogen-bond acceptors (Lipinski definition) is 2. The number of rotatable bonds is 2. The zero-order valence-corrected chi connectivity index (χ0v) is 7.24. The highest BCUT2D eigenvalue weighted by molar-refractivity contribution is 6.06. The lowest BCUT2D eigenvalue weighted by Gasteiger charge is -1.94. The molecule has 0 saturated carbocycles. The Balaban J connectivity index is 2.98. The molecule has 0 fully saturated rings. The van der Waals surface area contributed by atoms with E-state index in [1.54, 1.807) is 12.5 Å². The number of hydrogen-bond donors (Lipinski definition) is 0. The van der Waals surface area contributed by atoms with Gasteiger partial charge in [0.2, 0.25) is 16.3 Å². The van der Waals surface area contributed by atoms with Crippen molar-refractivity contribution in [3.8, 4) is 0 Å². The average molecular weight is 138 g/mol. The largest absolute Gasteiger partial charge is 0.343 e. The highest BCUT2D eigenvalue weighted by atomic mass is 27.0. The molecule has 0 aliphatic carbocycles. The third-order valence-electron chi connectivity index (χ3n) is 1.21. The number of carbonyl (C=O) groups excluding carboxylic acids is 1. The molecule has 46 valence electrons. The molecule has 0 N–H and O–H groups in total. The van der Waals surface area contributed by atoms with E-state index in [2.05, 4.69) is 4.98 Å². The Morgan fingerprint density at radius 3 is 3.11 bits per heavy atom. The van der Waals surface area contributed by atoms with Crippen LogP contribution in [0, 0.1) is 0 Å². The van der Waals surface area contributed by atoms with E-state index in [4.69, 9.17) is 0 Å². The summed E-state index contributed by atoms with van der Waals surface area (Å²) in [6, 6.07) is 0. The fourth-order valence-electron chi connectivity index (χ4n) is 0.693. The van der Waals surface area contributed by atoms with Gasteiger partial charge in [-0.1, -0.05) is 0 Å². The van der Waals surface area contributed by atoms with Gasteiger partial charge in [-0.15, -0.1) is 0 Å². The molecule has 1 aromatic rings. The second kappa shape index (κ2) is 2.81. The van der Waals surface area contributed by atoms with E-state index in [0.29, 0.717) is 5.69 Å². The number of nitrogens with zero attached hydrogens (tertiary/aromatic N) is 2. The van der Waals surface area contributed by atoms with Crippen LogP contribution in [0.15, 0.2) is 12.5 Å². The van der Waals surface area contributed by atoms with Crippen molar-refractivity contribution in [3.05, 3.63) is 18.2 Å². The number of imidazole rings is 1. The van der Waals surface area contributed by atoms with Crippen LogP contribution in [0.4, 0.5) is 0 Å². The van der Waals surface area contributed by atoms with Gasteiger partial charge in [0.1, 0.15) is 0 Å². The fourth-order valence-corrected chi connectivity index (χ4v) is 1.22. The minimum Gasteiger partial charge on any atom is -0.343 e. The summed E-state index contributed by atoms with van der Waals surface area (Å²) in [6.45, 7) is 0. The van der Waals surface area contributed by atoms with Gasteiger partial charge >= 0.3 is 0 Å². The molecule has 0 aliphatic heterocycles. The van der Waals surface area contributed by atoms with Gasteiger partial charge in [0, 0.05) is 0 Å². The molecular weight excluding hydrogens is 131 g/mol. The van der Waals surface area contributed by atoms with E-state index in [9.17, 15) is 4.79 Å². The molecule has 4 heteroatoms. The average Bonchev–Trinajstić information content (AvgIpc) is 2.33. The zero-order chi connectivity index (χ0) is 6.69. The van der Waals surface area contributed by atoms with Gasteiger partial charge in [-0.2, -0.15) is 0 Å². The van der Waals surface area contributed by atoms with Crippen molar-refractivity contribution < 1.29 is 4.79 Å². The van der Waals surface area contributed by atoms with Crippen LogP contribution in [-0.4, -0.2) is 32.1 Å². The number of aldehydes is 1. The fraction of sp³-hybridized carbons (Fsp3) is 0.200. The summed E-state index contributed by atoms with van der Waals surface area (Å²) < 4.78 is 1.85. The number of aromatic nitrogens is 2. The van der Waals surface area contributed by atoms with Gasteiger partial charge in [-0.25, -0.2) is 4.98 Å². The van der Waals surface area contributed by atoms with Crippen molar-refractivity contribution in [1.29, 1.82) is 0 Å². The predicted molar refractivity (Wildman–Crippen MR) is 36.2 cm³/mol. The van der Waals surface area contributed by atoms with Crippen LogP contribution in [0.3, 0.4) is 0 Å². The summed E-state index contributed by atoms with van der Waals surface area (Å²) in [5, 5.41) is 0.939. The van der Waals surface area contributed by atoms with E-state index >= 15 is 0 Å². The Morgan fingerprint density at radius 2 is 2.67 bits per heavy atom. The molecule has 9 heavy (non-hydrogen) atoms. The van der Waals surface area contributed by atoms with Crippen LogP contribution >= 0.6 is 0 Å². The van der Waals surface area contributed by atoms with Gasteiger partial charge in [-0.3, -0.25) is 4.79 Å². The Bertz CT molecular complexity index is 208. The topological polar surface area (TPSA) is 34.9 Å². The van der Waals surface area contributed by atoms with E-state index < -0.39 is 0 Å².